The van der Waals surface area contributed by atoms with Crippen molar-refractivity contribution in [3.05, 3.63) is 71.8 Å². The maximum absolute atomic E-state index is 9.67. The Morgan fingerprint density at radius 1 is 0.955 bits per heavy atom. The summed E-state index contributed by atoms with van der Waals surface area (Å²) in [7, 11) is 0. The zero-order chi connectivity index (χ0) is 15.6. The van der Waals surface area contributed by atoms with Crippen molar-refractivity contribution >= 4 is 0 Å². The molecular formula is C19H26N2O. The maximum Gasteiger partial charge on any atom is 0.0639 e. The van der Waals surface area contributed by atoms with Gasteiger partial charge in [0.15, 0.2) is 0 Å². The van der Waals surface area contributed by atoms with Crippen molar-refractivity contribution in [3.63, 3.8) is 0 Å². The molecule has 2 aromatic rings. The SMILES string of the molecule is CC(O)CN(CCNCc1ccccc1)Cc1ccccc1. The lowest BCUT2D eigenvalue weighted by Crippen LogP contribution is -2.36. The van der Waals surface area contributed by atoms with Gasteiger partial charge >= 0.3 is 0 Å². The topological polar surface area (TPSA) is 35.5 Å². The average Bonchev–Trinajstić information content (AvgIpc) is 2.53. The molecular weight excluding hydrogens is 272 g/mol. The number of aliphatic hydroxyl groups is 1. The molecule has 0 amide bonds. The van der Waals surface area contributed by atoms with Crippen LogP contribution in [0.5, 0.6) is 0 Å². The quantitative estimate of drug-likeness (QED) is 0.699. The Morgan fingerprint density at radius 2 is 1.55 bits per heavy atom. The lowest BCUT2D eigenvalue weighted by Gasteiger charge is -2.24. The van der Waals surface area contributed by atoms with Gasteiger partial charge < -0.3 is 10.4 Å². The fraction of sp³-hybridized carbons (Fsp3) is 0.368. The van der Waals surface area contributed by atoms with E-state index >= 15 is 0 Å². The first-order valence-electron chi connectivity index (χ1n) is 7.93. The molecule has 1 unspecified atom stereocenters. The van der Waals surface area contributed by atoms with Gasteiger partial charge in [-0.05, 0) is 18.1 Å². The number of nitrogens with one attached hydrogen (secondary N) is 1. The lowest BCUT2D eigenvalue weighted by atomic mass is 10.2. The predicted molar refractivity (Wildman–Crippen MR) is 91.5 cm³/mol. The molecule has 0 aromatic heterocycles. The molecule has 2 aromatic carbocycles. The van der Waals surface area contributed by atoms with Gasteiger partial charge in [-0.2, -0.15) is 0 Å². The molecule has 3 heteroatoms. The lowest BCUT2D eigenvalue weighted by molar-refractivity contribution is 0.123. The molecule has 118 valence electrons. The molecule has 3 nitrogen and oxygen atoms in total. The fourth-order valence-corrected chi connectivity index (χ4v) is 2.52. The number of benzene rings is 2. The maximum atomic E-state index is 9.67. The summed E-state index contributed by atoms with van der Waals surface area (Å²) in [6, 6.07) is 20.8. The van der Waals surface area contributed by atoms with Gasteiger partial charge in [-0.25, -0.2) is 0 Å². The van der Waals surface area contributed by atoms with Crippen LogP contribution in [0.1, 0.15) is 18.1 Å². The number of nitrogens with zero attached hydrogens (tertiary/aromatic N) is 1. The molecule has 2 rings (SSSR count). The Balaban J connectivity index is 1.77. The molecule has 1 atom stereocenters. The van der Waals surface area contributed by atoms with Crippen LogP contribution in [-0.4, -0.2) is 35.7 Å². The highest BCUT2D eigenvalue weighted by molar-refractivity contribution is 5.15. The van der Waals surface area contributed by atoms with Crippen molar-refractivity contribution in [2.24, 2.45) is 0 Å². The normalized spacial score (nSPS) is 12.5. The third-order valence-electron chi connectivity index (χ3n) is 3.55. The van der Waals surface area contributed by atoms with Crippen molar-refractivity contribution in [1.29, 1.82) is 0 Å². The van der Waals surface area contributed by atoms with Crippen molar-refractivity contribution in [2.45, 2.75) is 26.1 Å². The smallest absolute Gasteiger partial charge is 0.0639 e. The summed E-state index contributed by atoms with van der Waals surface area (Å²) < 4.78 is 0. The monoisotopic (exact) mass is 298 g/mol. The molecule has 0 fully saturated rings. The van der Waals surface area contributed by atoms with Crippen LogP contribution >= 0.6 is 0 Å². The van der Waals surface area contributed by atoms with Gasteiger partial charge in [0.25, 0.3) is 0 Å². The van der Waals surface area contributed by atoms with Crippen LogP contribution in [0.3, 0.4) is 0 Å². The van der Waals surface area contributed by atoms with Crippen molar-refractivity contribution < 1.29 is 5.11 Å². The summed E-state index contributed by atoms with van der Waals surface area (Å²) >= 11 is 0. The van der Waals surface area contributed by atoms with E-state index in [9.17, 15) is 5.11 Å². The van der Waals surface area contributed by atoms with Crippen molar-refractivity contribution in [1.82, 2.24) is 10.2 Å². The Morgan fingerprint density at radius 3 is 2.14 bits per heavy atom. The third kappa shape index (κ3) is 6.39. The average molecular weight is 298 g/mol. The first-order valence-corrected chi connectivity index (χ1v) is 7.93. The van der Waals surface area contributed by atoms with Gasteiger partial charge in [0.05, 0.1) is 6.10 Å². The van der Waals surface area contributed by atoms with E-state index in [1.807, 2.05) is 19.1 Å². The van der Waals surface area contributed by atoms with Crippen molar-refractivity contribution in [2.75, 3.05) is 19.6 Å². The minimum Gasteiger partial charge on any atom is -0.392 e. The standard InChI is InChI=1S/C19H26N2O/c1-17(22)15-21(16-19-10-6-3-7-11-19)13-12-20-14-18-8-4-2-5-9-18/h2-11,17,20,22H,12-16H2,1H3. The van der Waals surface area contributed by atoms with Crippen molar-refractivity contribution in [3.8, 4) is 0 Å². The van der Waals surface area contributed by atoms with Crippen LogP contribution in [0.2, 0.25) is 0 Å². The number of hydrogen-bond donors (Lipinski definition) is 2. The summed E-state index contributed by atoms with van der Waals surface area (Å²) in [5, 5.41) is 13.1. The molecule has 0 spiro atoms. The zero-order valence-corrected chi connectivity index (χ0v) is 13.3. The fourth-order valence-electron chi connectivity index (χ4n) is 2.52. The van der Waals surface area contributed by atoms with Crippen LogP contribution < -0.4 is 5.32 Å². The molecule has 0 saturated heterocycles. The summed E-state index contributed by atoms with van der Waals surface area (Å²) in [4.78, 5) is 2.29. The largest absolute Gasteiger partial charge is 0.392 e. The first kappa shape index (κ1) is 16.7. The third-order valence-corrected chi connectivity index (χ3v) is 3.55. The summed E-state index contributed by atoms with van der Waals surface area (Å²) in [6.45, 7) is 6.13. The van der Waals surface area contributed by atoms with Gasteiger partial charge in [-0.3, -0.25) is 4.90 Å². The summed E-state index contributed by atoms with van der Waals surface area (Å²) in [5.41, 5.74) is 2.58. The molecule has 0 heterocycles. The van der Waals surface area contributed by atoms with Crippen LogP contribution in [0.15, 0.2) is 60.7 Å². The number of aliphatic hydroxyl groups excluding tert-OH is 1. The highest BCUT2D eigenvalue weighted by Crippen LogP contribution is 2.05. The van der Waals surface area contributed by atoms with E-state index in [2.05, 4.69) is 58.7 Å². The Kier molecular flexibility index (Phi) is 7.10. The molecule has 0 aliphatic heterocycles. The van der Waals surface area contributed by atoms with Gasteiger partial charge in [-0.15, -0.1) is 0 Å². The molecule has 0 aliphatic carbocycles. The Bertz CT molecular complexity index is 513. The van der Waals surface area contributed by atoms with E-state index in [1.54, 1.807) is 0 Å². The molecule has 0 aliphatic rings. The van der Waals surface area contributed by atoms with Crippen LogP contribution in [-0.2, 0) is 13.1 Å². The Hall–Kier alpha value is -1.68. The molecule has 0 radical (unpaired) electrons. The highest BCUT2D eigenvalue weighted by Gasteiger charge is 2.08. The molecule has 22 heavy (non-hydrogen) atoms. The molecule has 0 bridgehead atoms. The minimum atomic E-state index is -0.308. The van der Waals surface area contributed by atoms with Gasteiger partial charge in [0.1, 0.15) is 0 Å². The Labute approximate surface area is 133 Å². The first-order chi connectivity index (χ1) is 10.7. The molecule has 0 saturated carbocycles. The summed E-state index contributed by atoms with van der Waals surface area (Å²) in [6.07, 6.45) is -0.308. The second-order valence-corrected chi connectivity index (χ2v) is 5.73. The predicted octanol–water partition coefficient (Wildman–Crippen LogP) is 2.66. The number of hydrogen-bond acceptors (Lipinski definition) is 3. The molecule has 2 N–H and O–H groups in total. The van der Waals surface area contributed by atoms with E-state index in [-0.39, 0.29) is 6.10 Å². The highest BCUT2D eigenvalue weighted by atomic mass is 16.3. The van der Waals surface area contributed by atoms with Crippen LogP contribution in [0.25, 0.3) is 0 Å². The second kappa shape index (κ2) is 9.36. The van der Waals surface area contributed by atoms with E-state index in [1.165, 1.54) is 11.1 Å². The van der Waals surface area contributed by atoms with E-state index in [0.717, 1.165) is 26.2 Å². The van der Waals surface area contributed by atoms with Gasteiger partial charge in [-0.1, -0.05) is 60.7 Å². The van der Waals surface area contributed by atoms with Crippen LogP contribution in [0, 0.1) is 0 Å². The van der Waals surface area contributed by atoms with E-state index in [4.69, 9.17) is 0 Å². The summed E-state index contributed by atoms with van der Waals surface area (Å²) in [5.74, 6) is 0. The van der Waals surface area contributed by atoms with E-state index in [0.29, 0.717) is 6.54 Å². The number of rotatable bonds is 9. The van der Waals surface area contributed by atoms with Gasteiger partial charge in [0, 0.05) is 32.7 Å². The van der Waals surface area contributed by atoms with Crippen LogP contribution in [0.4, 0.5) is 0 Å². The van der Waals surface area contributed by atoms with Gasteiger partial charge in [0.2, 0.25) is 0 Å². The minimum absolute atomic E-state index is 0.308. The second-order valence-electron chi connectivity index (χ2n) is 5.73. The zero-order valence-electron chi connectivity index (χ0n) is 13.3. The van der Waals surface area contributed by atoms with E-state index < -0.39 is 0 Å².